The topological polar surface area (TPSA) is 87.6 Å². The Balaban J connectivity index is 1.74. The first kappa shape index (κ1) is 23.7. The summed E-state index contributed by atoms with van der Waals surface area (Å²) in [4.78, 5) is 23.9. The number of nitrogens with one attached hydrogen (secondary N) is 1. The van der Waals surface area contributed by atoms with Gasteiger partial charge in [0.05, 0.1) is 34.4 Å². The van der Waals surface area contributed by atoms with E-state index in [1.165, 1.54) is 0 Å². The molecule has 7 nitrogen and oxygen atoms in total. The van der Waals surface area contributed by atoms with Crippen LogP contribution in [0.5, 0.6) is 0 Å². The molecule has 0 saturated carbocycles. The van der Waals surface area contributed by atoms with Crippen LogP contribution in [0.4, 0.5) is 4.79 Å². The maximum atomic E-state index is 13.1. The van der Waals surface area contributed by atoms with Crippen molar-refractivity contribution in [3.8, 4) is 0 Å². The van der Waals surface area contributed by atoms with E-state index < -0.39 is 0 Å². The third kappa shape index (κ3) is 5.86. The number of urea groups is 1. The van der Waals surface area contributed by atoms with Crippen LogP contribution in [0.15, 0.2) is 24.4 Å². The van der Waals surface area contributed by atoms with E-state index in [1.807, 2.05) is 26.1 Å². The molecule has 0 saturated heterocycles. The van der Waals surface area contributed by atoms with E-state index in [-0.39, 0.29) is 30.7 Å². The molecule has 3 rings (SSSR count). The fraction of sp³-hybridized carbons (Fsp3) is 0.500. The second-order valence-corrected chi connectivity index (χ2v) is 8.78. The Morgan fingerprint density at radius 3 is 2.77 bits per heavy atom. The minimum absolute atomic E-state index is 0.0861. The van der Waals surface area contributed by atoms with Crippen LogP contribution in [0.1, 0.15) is 42.5 Å². The molecule has 2 N–H and O–H groups in total. The maximum absolute atomic E-state index is 13.1. The lowest BCUT2D eigenvalue weighted by Crippen LogP contribution is -2.46. The molecule has 0 radical (unpaired) electrons. The van der Waals surface area contributed by atoms with Gasteiger partial charge < -0.3 is 20.1 Å². The number of aliphatic hydroxyl groups is 1. The molecular formula is C22H28Cl2N4O3. The first-order chi connectivity index (χ1) is 14.8. The fourth-order valence-corrected chi connectivity index (χ4v) is 3.84. The Bertz CT molecular complexity index is 928. The van der Waals surface area contributed by atoms with Gasteiger partial charge in [-0.2, -0.15) is 0 Å². The van der Waals surface area contributed by atoms with Gasteiger partial charge in [-0.05, 0) is 42.5 Å². The summed E-state index contributed by atoms with van der Waals surface area (Å²) < 4.78 is 5.49. The molecular weight excluding hydrogens is 439 g/mol. The monoisotopic (exact) mass is 466 g/mol. The van der Waals surface area contributed by atoms with Gasteiger partial charge in [0.15, 0.2) is 0 Å². The highest BCUT2D eigenvalue weighted by Gasteiger charge is 2.27. The van der Waals surface area contributed by atoms with Crippen LogP contribution in [0.3, 0.4) is 0 Å². The number of fused-ring (bicyclic) bond motifs is 1. The predicted molar refractivity (Wildman–Crippen MR) is 120 cm³/mol. The number of aromatic nitrogens is 2. The highest BCUT2D eigenvalue weighted by atomic mass is 35.5. The number of amides is 2. The summed E-state index contributed by atoms with van der Waals surface area (Å²) in [6.07, 6.45) is 2.85. The lowest BCUT2D eigenvalue weighted by molar-refractivity contribution is 0.0819. The largest absolute Gasteiger partial charge is 0.396 e. The van der Waals surface area contributed by atoms with Gasteiger partial charge in [0.2, 0.25) is 0 Å². The Morgan fingerprint density at radius 1 is 1.32 bits per heavy atom. The highest BCUT2D eigenvalue weighted by molar-refractivity contribution is 6.42. The Hall–Kier alpha value is -1.93. The standard InChI is InChI=1S/C22H28Cl2N4O3/c1-13(12-29)8-20-25-10-16-6-7-28(11-19(16)26-20)22(30)27-21(14(2)31-3)15-4-5-17(23)18(24)9-15/h4-5,9-10,13-14,21,29H,6-8,11-12H2,1-3H3,(H,27,30)/t13-,14-,21+/m1/s1. The van der Waals surface area contributed by atoms with Crippen molar-refractivity contribution in [2.75, 3.05) is 20.3 Å². The number of carbonyl (C=O) groups excluding carboxylic acids is 1. The van der Waals surface area contributed by atoms with Gasteiger partial charge in [-0.25, -0.2) is 14.8 Å². The maximum Gasteiger partial charge on any atom is 0.318 e. The summed E-state index contributed by atoms with van der Waals surface area (Å²) in [7, 11) is 1.60. The Labute approximate surface area is 192 Å². The number of ether oxygens (including phenoxy) is 1. The summed E-state index contributed by atoms with van der Waals surface area (Å²) in [6.45, 7) is 4.90. The summed E-state index contributed by atoms with van der Waals surface area (Å²) in [5, 5.41) is 13.2. The van der Waals surface area contributed by atoms with E-state index in [9.17, 15) is 9.90 Å². The van der Waals surface area contributed by atoms with Crippen LogP contribution >= 0.6 is 23.2 Å². The Morgan fingerprint density at radius 2 is 2.10 bits per heavy atom. The molecule has 1 aromatic heterocycles. The van der Waals surface area contributed by atoms with Crippen molar-refractivity contribution in [3.05, 3.63) is 57.1 Å². The molecule has 0 bridgehead atoms. The number of rotatable bonds is 7. The number of hydrogen-bond acceptors (Lipinski definition) is 5. The summed E-state index contributed by atoms with van der Waals surface area (Å²) in [6, 6.07) is 4.71. The molecule has 168 valence electrons. The van der Waals surface area contributed by atoms with Gasteiger partial charge in [-0.15, -0.1) is 0 Å². The zero-order valence-electron chi connectivity index (χ0n) is 17.9. The summed E-state index contributed by atoms with van der Waals surface area (Å²) in [5.41, 5.74) is 2.72. The zero-order valence-corrected chi connectivity index (χ0v) is 19.5. The van der Waals surface area contributed by atoms with Crippen molar-refractivity contribution in [2.24, 2.45) is 5.92 Å². The van der Waals surface area contributed by atoms with Crippen LogP contribution < -0.4 is 5.32 Å². The lowest BCUT2D eigenvalue weighted by atomic mass is 10.0. The molecule has 0 aliphatic carbocycles. The van der Waals surface area contributed by atoms with Crippen molar-refractivity contribution < 1.29 is 14.6 Å². The van der Waals surface area contributed by atoms with Crippen LogP contribution in [-0.4, -0.2) is 52.4 Å². The van der Waals surface area contributed by atoms with Gasteiger partial charge >= 0.3 is 6.03 Å². The minimum atomic E-state index is -0.389. The quantitative estimate of drug-likeness (QED) is 0.647. The molecule has 0 spiro atoms. The molecule has 3 atom stereocenters. The zero-order chi connectivity index (χ0) is 22.5. The van der Waals surface area contributed by atoms with Crippen molar-refractivity contribution >= 4 is 29.2 Å². The minimum Gasteiger partial charge on any atom is -0.396 e. The van der Waals surface area contributed by atoms with E-state index >= 15 is 0 Å². The molecule has 0 unspecified atom stereocenters. The van der Waals surface area contributed by atoms with Gasteiger partial charge in [0.25, 0.3) is 0 Å². The highest BCUT2D eigenvalue weighted by Crippen LogP contribution is 2.28. The summed E-state index contributed by atoms with van der Waals surface area (Å²) in [5.74, 6) is 0.771. The SMILES string of the molecule is CO[C@H](C)[C@H](NC(=O)N1CCc2cnc(C[C@@H](C)CO)nc2C1)c1ccc(Cl)c(Cl)c1. The number of halogens is 2. The van der Waals surface area contributed by atoms with Gasteiger partial charge in [-0.1, -0.05) is 36.2 Å². The first-order valence-electron chi connectivity index (χ1n) is 10.3. The van der Waals surface area contributed by atoms with Crippen LogP contribution in [0.25, 0.3) is 0 Å². The van der Waals surface area contributed by atoms with E-state index in [2.05, 4.69) is 15.3 Å². The van der Waals surface area contributed by atoms with E-state index in [1.54, 1.807) is 24.1 Å². The molecule has 31 heavy (non-hydrogen) atoms. The third-order valence-corrected chi connectivity index (χ3v) is 6.29. The van der Waals surface area contributed by atoms with E-state index in [0.717, 1.165) is 16.8 Å². The number of aliphatic hydroxyl groups excluding tert-OH is 1. The number of hydrogen-bond donors (Lipinski definition) is 2. The molecule has 2 amide bonds. The molecule has 0 fully saturated rings. The number of benzene rings is 1. The van der Waals surface area contributed by atoms with Crippen LogP contribution in [0.2, 0.25) is 10.0 Å². The van der Waals surface area contributed by atoms with Crippen molar-refractivity contribution in [3.63, 3.8) is 0 Å². The fourth-order valence-electron chi connectivity index (χ4n) is 3.53. The Kier molecular flexibility index (Phi) is 8.11. The molecule has 1 aliphatic rings. The number of carbonyl (C=O) groups is 1. The van der Waals surface area contributed by atoms with Crippen LogP contribution in [0, 0.1) is 5.92 Å². The first-order valence-corrected chi connectivity index (χ1v) is 11.1. The van der Waals surface area contributed by atoms with E-state index in [0.29, 0.717) is 41.8 Å². The lowest BCUT2D eigenvalue weighted by Gasteiger charge is -2.32. The molecule has 2 heterocycles. The van der Waals surface area contributed by atoms with Gasteiger partial charge in [0, 0.05) is 32.9 Å². The molecule has 1 aliphatic heterocycles. The van der Waals surface area contributed by atoms with Crippen molar-refractivity contribution in [1.82, 2.24) is 20.2 Å². The number of methoxy groups -OCH3 is 1. The average Bonchev–Trinajstić information content (AvgIpc) is 2.78. The predicted octanol–water partition coefficient (Wildman–Crippen LogP) is 3.80. The van der Waals surface area contributed by atoms with E-state index in [4.69, 9.17) is 27.9 Å². The molecule has 9 heteroatoms. The van der Waals surface area contributed by atoms with Crippen molar-refractivity contribution in [2.45, 2.75) is 45.4 Å². The average molecular weight is 467 g/mol. The smallest absolute Gasteiger partial charge is 0.318 e. The second-order valence-electron chi connectivity index (χ2n) is 7.96. The second kappa shape index (κ2) is 10.6. The molecule has 2 aromatic rings. The van der Waals surface area contributed by atoms with Gasteiger partial charge in [-0.3, -0.25) is 0 Å². The third-order valence-electron chi connectivity index (χ3n) is 5.55. The normalized spacial score (nSPS) is 16.4. The summed E-state index contributed by atoms with van der Waals surface area (Å²) >= 11 is 12.2. The molecule has 1 aromatic carbocycles. The van der Waals surface area contributed by atoms with Crippen molar-refractivity contribution in [1.29, 1.82) is 0 Å². The van der Waals surface area contributed by atoms with Gasteiger partial charge in [0.1, 0.15) is 5.82 Å². The number of nitrogens with zero attached hydrogens (tertiary/aromatic N) is 3. The van der Waals surface area contributed by atoms with Crippen LogP contribution in [-0.2, 0) is 24.1 Å².